The Bertz CT molecular complexity index is 181. The van der Waals surface area contributed by atoms with Crippen molar-refractivity contribution in [3.63, 3.8) is 0 Å². The molecule has 2 rings (SSSR count). The minimum absolute atomic E-state index is 0.126. The second-order valence-electron chi connectivity index (χ2n) is 4.05. The Morgan fingerprint density at radius 1 is 1.23 bits per heavy atom. The quantitative estimate of drug-likeness (QED) is 0.695. The van der Waals surface area contributed by atoms with E-state index in [0.717, 1.165) is 13.0 Å². The van der Waals surface area contributed by atoms with Crippen molar-refractivity contribution in [2.75, 3.05) is 13.2 Å². The van der Waals surface area contributed by atoms with E-state index < -0.39 is 0 Å². The van der Waals surface area contributed by atoms with E-state index in [0.29, 0.717) is 12.6 Å². The van der Waals surface area contributed by atoms with Crippen molar-refractivity contribution in [2.24, 2.45) is 5.92 Å². The second kappa shape index (κ2) is 4.09. The van der Waals surface area contributed by atoms with Crippen LogP contribution in [0.4, 0.5) is 0 Å². The lowest BCUT2D eigenvalue weighted by Crippen LogP contribution is -2.37. The van der Waals surface area contributed by atoms with Gasteiger partial charge in [0.15, 0.2) is 0 Å². The monoisotopic (exact) mass is 183 g/mol. The molecule has 3 heteroatoms. The van der Waals surface area contributed by atoms with Gasteiger partial charge in [0.05, 0.1) is 12.5 Å². The van der Waals surface area contributed by atoms with Crippen molar-refractivity contribution in [1.29, 1.82) is 0 Å². The molecule has 0 aromatic carbocycles. The summed E-state index contributed by atoms with van der Waals surface area (Å²) >= 11 is 0. The van der Waals surface area contributed by atoms with E-state index in [9.17, 15) is 4.79 Å². The summed E-state index contributed by atoms with van der Waals surface area (Å²) in [6, 6.07) is 0.452. The summed E-state index contributed by atoms with van der Waals surface area (Å²) in [5.41, 5.74) is 0. The molecule has 1 aliphatic heterocycles. The van der Waals surface area contributed by atoms with Crippen molar-refractivity contribution in [1.82, 2.24) is 5.32 Å². The van der Waals surface area contributed by atoms with Gasteiger partial charge in [-0.05, 0) is 19.3 Å². The molecule has 1 amide bonds. The Balaban J connectivity index is 1.76. The molecule has 0 unspecified atom stereocenters. The summed E-state index contributed by atoms with van der Waals surface area (Å²) in [6.07, 6.45) is 5.77. The number of nitrogens with one attached hydrogen (secondary N) is 1. The predicted molar refractivity (Wildman–Crippen MR) is 49.3 cm³/mol. The van der Waals surface area contributed by atoms with Gasteiger partial charge in [-0.3, -0.25) is 4.79 Å². The number of carbonyl (C=O) groups is 1. The zero-order valence-corrected chi connectivity index (χ0v) is 7.92. The smallest absolute Gasteiger partial charge is 0.225 e. The molecule has 1 saturated carbocycles. The first-order valence-electron chi connectivity index (χ1n) is 5.24. The molecule has 2 fully saturated rings. The van der Waals surface area contributed by atoms with Crippen LogP contribution < -0.4 is 5.32 Å². The lowest BCUT2D eigenvalue weighted by atomic mass is 10.1. The first-order chi connectivity index (χ1) is 6.36. The standard InChI is InChI=1S/C10H17NO2/c12-10(8-5-6-13-7-8)11-9-3-1-2-4-9/h8-9H,1-7H2,(H,11,12)/t8-/m0/s1. The fourth-order valence-corrected chi connectivity index (χ4v) is 2.13. The van der Waals surface area contributed by atoms with Gasteiger partial charge in [-0.1, -0.05) is 12.8 Å². The number of rotatable bonds is 2. The zero-order valence-electron chi connectivity index (χ0n) is 7.92. The molecule has 0 spiro atoms. The van der Waals surface area contributed by atoms with Crippen molar-refractivity contribution in [3.8, 4) is 0 Å². The largest absolute Gasteiger partial charge is 0.381 e. The van der Waals surface area contributed by atoms with Gasteiger partial charge in [-0.15, -0.1) is 0 Å². The van der Waals surface area contributed by atoms with Crippen molar-refractivity contribution in [3.05, 3.63) is 0 Å². The van der Waals surface area contributed by atoms with Gasteiger partial charge in [0.2, 0.25) is 5.91 Å². The lowest BCUT2D eigenvalue weighted by Gasteiger charge is -2.14. The molecule has 0 bridgehead atoms. The van der Waals surface area contributed by atoms with E-state index >= 15 is 0 Å². The summed E-state index contributed by atoms with van der Waals surface area (Å²) in [5, 5.41) is 3.10. The third-order valence-electron chi connectivity index (χ3n) is 3.00. The molecule has 13 heavy (non-hydrogen) atoms. The Kier molecular flexibility index (Phi) is 2.83. The topological polar surface area (TPSA) is 38.3 Å². The van der Waals surface area contributed by atoms with E-state index in [1.807, 2.05) is 0 Å². The van der Waals surface area contributed by atoms with Crippen LogP contribution in [0.15, 0.2) is 0 Å². The van der Waals surface area contributed by atoms with Crippen LogP contribution in [0.25, 0.3) is 0 Å². The van der Waals surface area contributed by atoms with Crippen LogP contribution in [0.1, 0.15) is 32.1 Å². The minimum atomic E-state index is 0.126. The highest BCUT2D eigenvalue weighted by molar-refractivity contribution is 5.79. The molecule has 1 saturated heterocycles. The molecule has 74 valence electrons. The molecule has 3 nitrogen and oxygen atoms in total. The summed E-state index contributed by atoms with van der Waals surface area (Å²) in [5.74, 6) is 0.338. The fraction of sp³-hybridized carbons (Fsp3) is 0.900. The van der Waals surface area contributed by atoms with Crippen molar-refractivity contribution < 1.29 is 9.53 Å². The fourth-order valence-electron chi connectivity index (χ4n) is 2.13. The van der Waals surface area contributed by atoms with Crippen molar-refractivity contribution in [2.45, 2.75) is 38.1 Å². The molecule has 1 heterocycles. The third kappa shape index (κ3) is 2.21. The normalized spacial score (nSPS) is 29.4. The van der Waals surface area contributed by atoms with Crippen LogP contribution in [0.5, 0.6) is 0 Å². The third-order valence-corrected chi connectivity index (χ3v) is 3.00. The minimum Gasteiger partial charge on any atom is -0.381 e. The molecular weight excluding hydrogens is 166 g/mol. The number of hydrogen-bond donors (Lipinski definition) is 1. The van der Waals surface area contributed by atoms with Gasteiger partial charge in [-0.2, -0.15) is 0 Å². The van der Waals surface area contributed by atoms with Crippen LogP contribution in [-0.4, -0.2) is 25.2 Å². The molecule has 1 N–H and O–H groups in total. The van der Waals surface area contributed by atoms with Gasteiger partial charge in [0.1, 0.15) is 0 Å². The van der Waals surface area contributed by atoms with Gasteiger partial charge >= 0.3 is 0 Å². The Hall–Kier alpha value is -0.570. The van der Waals surface area contributed by atoms with Gasteiger partial charge in [-0.25, -0.2) is 0 Å². The number of carbonyl (C=O) groups excluding carboxylic acids is 1. The number of hydrogen-bond acceptors (Lipinski definition) is 2. The van der Waals surface area contributed by atoms with Gasteiger partial charge in [0.25, 0.3) is 0 Å². The maximum Gasteiger partial charge on any atom is 0.225 e. The zero-order chi connectivity index (χ0) is 9.10. The molecule has 2 aliphatic rings. The predicted octanol–water partition coefficient (Wildman–Crippen LogP) is 1.08. The lowest BCUT2D eigenvalue weighted by molar-refractivity contribution is -0.125. The highest BCUT2D eigenvalue weighted by Gasteiger charge is 2.26. The van der Waals surface area contributed by atoms with Crippen LogP contribution in [0, 0.1) is 5.92 Å². The summed E-state index contributed by atoms with van der Waals surface area (Å²) in [6.45, 7) is 1.38. The average Bonchev–Trinajstić information content (AvgIpc) is 2.74. The van der Waals surface area contributed by atoms with E-state index in [1.54, 1.807) is 0 Å². The van der Waals surface area contributed by atoms with E-state index in [1.165, 1.54) is 25.7 Å². The first-order valence-corrected chi connectivity index (χ1v) is 5.24. The summed E-state index contributed by atoms with van der Waals surface area (Å²) in [7, 11) is 0. The second-order valence-corrected chi connectivity index (χ2v) is 4.05. The number of amides is 1. The van der Waals surface area contributed by atoms with Crippen LogP contribution in [0.3, 0.4) is 0 Å². The first kappa shape index (κ1) is 9.00. The number of ether oxygens (including phenoxy) is 1. The molecule has 1 atom stereocenters. The van der Waals surface area contributed by atoms with E-state index in [-0.39, 0.29) is 11.8 Å². The highest BCUT2D eigenvalue weighted by Crippen LogP contribution is 2.19. The van der Waals surface area contributed by atoms with E-state index in [4.69, 9.17) is 4.74 Å². The highest BCUT2D eigenvalue weighted by atomic mass is 16.5. The maximum atomic E-state index is 11.6. The summed E-state index contributed by atoms with van der Waals surface area (Å²) in [4.78, 5) is 11.6. The average molecular weight is 183 g/mol. The molecule has 0 radical (unpaired) electrons. The molecule has 1 aliphatic carbocycles. The van der Waals surface area contributed by atoms with Gasteiger partial charge in [0, 0.05) is 12.6 Å². The Morgan fingerprint density at radius 2 is 2.00 bits per heavy atom. The molecular formula is C10H17NO2. The SMILES string of the molecule is O=C(NC1CCCC1)[C@H]1CCOC1. The van der Waals surface area contributed by atoms with Crippen LogP contribution in [0.2, 0.25) is 0 Å². The Morgan fingerprint density at radius 3 is 2.62 bits per heavy atom. The summed E-state index contributed by atoms with van der Waals surface area (Å²) < 4.78 is 5.18. The van der Waals surface area contributed by atoms with E-state index in [2.05, 4.69) is 5.32 Å². The van der Waals surface area contributed by atoms with Crippen molar-refractivity contribution >= 4 is 5.91 Å². The van der Waals surface area contributed by atoms with Crippen LogP contribution in [-0.2, 0) is 9.53 Å². The Labute approximate surface area is 78.8 Å². The molecule has 0 aromatic rings. The van der Waals surface area contributed by atoms with Gasteiger partial charge < -0.3 is 10.1 Å². The van der Waals surface area contributed by atoms with Crippen LogP contribution >= 0.6 is 0 Å². The maximum absolute atomic E-state index is 11.6. The molecule has 0 aromatic heterocycles.